The van der Waals surface area contributed by atoms with Crippen molar-refractivity contribution in [2.75, 3.05) is 40.9 Å². The first-order valence-electron chi connectivity index (χ1n) is 26.6. The molecule has 0 aliphatic heterocycles. The van der Waals surface area contributed by atoms with Crippen LogP contribution in [0.1, 0.15) is 264 Å². The molecule has 3 atom stereocenters. The van der Waals surface area contributed by atoms with E-state index in [1.807, 2.05) is 27.2 Å². The van der Waals surface area contributed by atoms with Crippen molar-refractivity contribution >= 4 is 13.7 Å². The molecule has 0 bridgehead atoms. The normalized spacial score (nSPS) is 14.1. The Morgan fingerprint density at radius 1 is 0.541 bits per heavy atom. The number of phosphoric ester groups is 1. The van der Waals surface area contributed by atoms with Gasteiger partial charge in [-0.1, -0.05) is 251 Å². The van der Waals surface area contributed by atoms with Crippen molar-refractivity contribution < 1.29 is 32.9 Å². The third-order valence-electron chi connectivity index (χ3n) is 12.3. The van der Waals surface area contributed by atoms with Gasteiger partial charge in [0.25, 0.3) is 0 Å². The number of unbranched alkanes of at least 4 members (excludes halogenated alkanes) is 36. The number of aliphatic hydroxyl groups excluding tert-OH is 1. The van der Waals surface area contributed by atoms with E-state index in [4.69, 9.17) is 9.05 Å². The number of hydrogen-bond acceptors (Lipinski definition) is 5. The number of rotatable bonds is 49. The van der Waals surface area contributed by atoms with Crippen molar-refractivity contribution in [1.82, 2.24) is 5.32 Å². The molecule has 0 aromatic rings. The molecule has 0 aromatic carbocycles. The fourth-order valence-corrected chi connectivity index (χ4v) is 8.78. The lowest BCUT2D eigenvalue weighted by molar-refractivity contribution is -0.870. The second-order valence-corrected chi connectivity index (χ2v) is 21.1. The van der Waals surface area contributed by atoms with Crippen LogP contribution in [-0.4, -0.2) is 73.4 Å². The van der Waals surface area contributed by atoms with Crippen molar-refractivity contribution in [2.45, 2.75) is 276 Å². The highest BCUT2D eigenvalue weighted by molar-refractivity contribution is 7.47. The molecular weight excluding hydrogens is 780 g/mol. The number of carbonyl (C=O) groups excluding carboxylic acids is 1. The Kier molecular flexibility index (Phi) is 43.9. The number of likely N-dealkylation sites (N-methyl/N-ethyl adjacent to an activating group) is 1. The summed E-state index contributed by atoms with van der Waals surface area (Å²) in [5.41, 5.74) is 0. The van der Waals surface area contributed by atoms with Crippen molar-refractivity contribution in [3.05, 3.63) is 12.2 Å². The number of aliphatic hydroxyl groups is 1. The Morgan fingerprint density at radius 3 is 1.21 bits per heavy atom. The van der Waals surface area contributed by atoms with Crippen molar-refractivity contribution in [1.29, 1.82) is 0 Å². The number of nitrogens with one attached hydrogen (secondary N) is 1. The first-order chi connectivity index (χ1) is 29.5. The van der Waals surface area contributed by atoms with Crippen molar-refractivity contribution in [3.8, 4) is 0 Å². The maximum Gasteiger partial charge on any atom is 0.472 e. The van der Waals surface area contributed by atoms with Gasteiger partial charge in [-0.05, 0) is 19.3 Å². The van der Waals surface area contributed by atoms with E-state index >= 15 is 0 Å². The summed E-state index contributed by atoms with van der Waals surface area (Å²) in [6.45, 7) is 4.81. The van der Waals surface area contributed by atoms with Gasteiger partial charge in [-0.25, -0.2) is 4.57 Å². The van der Waals surface area contributed by atoms with Gasteiger partial charge in [-0.15, -0.1) is 0 Å². The van der Waals surface area contributed by atoms with E-state index in [1.54, 1.807) is 6.08 Å². The van der Waals surface area contributed by atoms with E-state index in [1.165, 1.54) is 205 Å². The third kappa shape index (κ3) is 47.0. The van der Waals surface area contributed by atoms with Crippen molar-refractivity contribution in [2.24, 2.45) is 0 Å². The highest BCUT2D eigenvalue weighted by atomic mass is 31.2. The number of quaternary nitrogens is 1. The smallest absolute Gasteiger partial charge is 0.387 e. The molecule has 364 valence electrons. The fraction of sp³-hybridized carbons (Fsp3) is 0.942. The minimum atomic E-state index is -4.33. The average Bonchev–Trinajstić information content (AvgIpc) is 3.21. The second-order valence-electron chi connectivity index (χ2n) is 19.6. The lowest BCUT2D eigenvalue weighted by atomic mass is 10.0. The SMILES string of the molecule is CCCCCCCCC/C=C/[C@@H](O)[C@H](COP(=O)(O)OCC[N+](C)(C)C)NC(=O)CCCCCCCCCCCCCCCCCCCCCCCCCCCCCCCC. The van der Waals surface area contributed by atoms with E-state index in [0.717, 1.165) is 38.5 Å². The number of amides is 1. The molecule has 0 heterocycles. The molecule has 0 saturated carbocycles. The molecule has 0 aliphatic rings. The van der Waals surface area contributed by atoms with Gasteiger partial charge in [0.05, 0.1) is 39.9 Å². The number of nitrogens with zero attached hydrogens (tertiary/aromatic N) is 1. The highest BCUT2D eigenvalue weighted by Gasteiger charge is 2.27. The molecule has 1 amide bonds. The second kappa shape index (κ2) is 44.4. The van der Waals surface area contributed by atoms with Crippen LogP contribution in [0.5, 0.6) is 0 Å². The fourth-order valence-electron chi connectivity index (χ4n) is 8.04. The first kappa shape index (κ1) is 60.2. The van der Waals surface area contributed by atoms with Gasteiger partial charge in [0.1, 0.15) is 13.2 Å². The molecule has 1 unspecified atom stereocenters. The minimum absolute atomic E-state index is 0.0644. The first-order valence-corrected chi connectivity index (χ1v) is 28.1. The van der Waals surface area contributed by atoms with E-state index in [9.17, 15) is 19.4 Å². The van der Waals surface area contributed by atoms with Crippen LogP contribution in [0.25, 0.3) is 0 Å². The van der Waals surface area contributed by atoms with Crippen LogP contribution in [0.2, 0.25) is 0 Å². The number of phosphoric acid groups is 1. The molecular formula is C52H106N2O6P+. The molecule has 61 heavy (non-hydrogen) atoms. The van der Waals surface area contributed by atoms with Gasteiger partial charge in [-0.3, -0.25) is 13.8 Å². The summed E-state index contributed by atoms with van der Waals surface area (Å²) in [6, 6.07) is -0.839. The van der Waals surface area contributed by atoms with Crippen LogP contribution in [-0.2, 0) is 18.4 Å². The van der Waals surface area contributed by atoms with Crippen LogP contribution in [0, 0.1) is 0 Å². The summed E-state index contributed by atoms with van der Waals surface area (Å²) in [7, 11) is 1.58. The predicted molar refractivity (Wildman–Crippen MR) is 263 cm³/mol. The van der Waals surface area contributed by atoms with Gasteiger partial charge < -0.3 is 19.8 Å². The number of hydrogen-bond donors (Lipinski definition) is 3. The number of carbonyl (C=O) groups is 1. The molecule has 0 aliphatic carbocycles. The zero-order valence-electron chi connectivity index (χ0n) is 41.4. The maximum atomic E-state index is 12.9. The van der Waals surface area contributed by atoms with Gasteiger partial charge in [-0.2, -0.15) is 0 Å². The third-order valence-corrected chi connectivity index (χ3v) is 13.2. The Morgan fingerprint density at radius 2 is 0.869 bits per heavy atom. The lowest BCUT2D eigenvalue weighted by Gasteiger charge is -2.25. The number of allylic oxidation sites excluding steroid dienone is 1. The van der Waals surface area contributed by atoms with Crippen LogP contribution in [0.3, 0.4) is 0 Å². The van der Waals surface area contributed by atoms with E-state index in [-0.39, 0.29) is 19.1 Å². The van der Waals surface area contributed by atoms with E-state index in [0.29, 0.717) is 17.4 Å². The molecule has 0 saturated heterocycles. The molecule has 0 radical (unpaired) electrons. The monoisotopic (exact) mass is 886 g/mol. The largest absolute Gasteiger partial charge is 0.472 e. The van der Waals surface area contributed by atoms with Gasteiger partial charge in [0, 0.05) is 6.42 Å². The summed E-state index contributed by atoms with van der Waals surface area (Å²) < 4.78 is 23.5. The molecule has 0 spiro atoms. The van der Waals surface area contributed by atoms with Gasteiger partial charge in [0.15, 0.2) is 0 Å². The standard InChI is InChI=1S/C52H105N2O6P/c1-6-8-10-12-14-16-17-18-19-20-21-22-23-24-25-26-27-28-29-30-31-32-33-34-35-36-38-40-42-44-46-52(56)53-50(49-60-61(57,58)59-48-47-54(3,4)5)51(55)45-43-41-39-37-15-13-11-9-7-2/h43,45,50-51,55H,6-42,44,46-49H2,1-5H3,(H-,53,56,57,58)/p+1/b45-43+/t50-,51+/m0/s1. The molecule has 9 heteroatoms. The van der Waals surface area contributed by atoms with E-state index in [2.05, 4.69) is 19.2 Å². The maximum absolute atomic E-state index is 12.9. The van der Waals surface area contributed by atoms with Gasteiger partial charge in [0.2, 0.25) is 5.91 Å². The van der Waals surface area contributed by atoms with E-state index < -0.39 is 20.0 Å². The topological polar surface area (TPSA) is 105 Å². The van der Waals surface area contributed by atoms with Crippen LogP contribution < -0.4 is 5.32 Å². The molecule has 0 rings (SSSR count). The molecule has 0 fully saturated rings. The Hall–Kier alpha value is -0.760. The van der Waals surface area contributed by atoms with Crippen LogP contribution in [0.4, 0.5) is 0 Å². The quantitative estimate of drug-likeness (QED) is 0.0243. The zero-order chi connectivity index (χ0) is 45.0. The van der Waals surface area contributed by atoms with Gasteiger partial charge >= 0.3 is 7.82 Å². The Bertz CT molecular complexity index is 1000. The predicted octanol–water partition coefficient (Wildman–Crippen LogP) is 15.5. The van der Waals surface area contributed by atoms with Crippen molar-refractivity contribution in [3.63, 3.8) is 0 Å². The molecule has 3 N–H and O–H groups in total. The average molecular weight is 886 g/mol. The summed E-state index contributed by atoms with van der Waals surface area (Å²) in [5.74, 6) is -0.174. The summed E-state index contributed by atoms with van der Waals surface area (Å²) in [4.78, 5) is 23.1. The highest BCUT2D eigenvalue weighted by Crippen LogP contribution is 2.43. The summed E-state index contributed by atoms with van der Waals surface area (Å²) >= 11 is 0. The molecule has 0 aromatic heterocycles. The van der Waals surface area contributed by atoms with Crippen LogP contribution >= 0.6 is 7.82 Å². The Labute approximate surface area is 380 Å². The zero-order valence-corrected chi connectivity index (χ0v) is 42.3. The molecule has 8 nitrogen and oxygen atoms in total. The lowest BCUT2D eigenvalue weighted by Crippen LogP contribution is -2.45. The Balaban J connectivity index is 3.93. The summed E-state index contributed by atoms with van der Waals surface area (Å²) in [6.07, 6.45) is 53.3. The minimum Gasteiger partial charge on any atom is -0.387 e. The summed E-state index contributed by atoms with van der Waals surface area (Å²) in [5, 5.41) is 13.8. The van der Waals surface area contributed by atoms with Crippen LogP contribution in [0.15, 0.2) is 12.2 Å².